The van der Waals surface area contributed by atoms with Crippen molar-refractivity contribution in [3.63, 3.8) is 0 Å². The molecule has 1 saturated carbocycles. The number of amides is 2. The van der Waals surface area contributed by atoms with Crippen molar-refractivity contribution < 1.29 is 29.0 Å². The highest BCUT2D eigenvalue weighted by Crippen LogP contribution is 2.44. The third-order valence-corrected chi connectivity index (χ3v) is 8.42. The van der Waals surface area contributed by atoms with Gasteiger partial charge in [0.05, 0.1) is 12.7 Å². The summed E-state index contributed by atoms with van der Waals surface area (Å²) >= 11 is 0. The second kappa shape index (κ2) is 13.7. The molecule has 3 aromatic rings. The molecular formula is C34H38N2O6. The molecule has 5 rings (SSSR count). The Morgan fingerprint density at radius 1 is 0.905 bits per heavy atom. The Balaban J connectivity index is 1.08. The average molecular weight is 571 g/mol. The summed E-state index contributed by atoms with van der Waals surface area (Å²) in [5.41, 5.74) is 5.60. The lowest BCUT2D eigenvalue weighted by molar-refractivity contribution is -0.147. The Kier molecular flexibility index (Phi) is 9.54. The molecule has 0 heterocycles. The minimum atomic E-state index is -1.15. The smallest absolute Gasteiger partial charge is 0.407 e. The minimum absolute atomic E-state index is 0.00727. The Morgan fingerprint density at radius 3 is 2.21 bits per heavy atom. The molecule has 0 radical (unpaired) electrons. The lowest BCUT2D eigenvalue weighted by atomic mass is 9.80. The molecule has 2 unspecified atom stereocenters. The first-order valence-corrected chi connectivity index (χ1v) is 14.7. The van der Waals surface area contributed by atoms with Crippen LogP contribution in [-0.2, 0) is 25.7 Å². The number of rotatable bonds is 11. The molecule has 0 aromatic heterocycles. The topological polar surface area (TPSA) is 114 Å². The Bertz CT molecular complexity index is 1350. The number of hydrogen-bond acceptors (Lipinski definition) is 5. The van der Waals surface area contributed by atoms with Gasteiger partial charge >= 0.3 is 12.1 Å². The molecule has 4 atom stereocenters. The van der Waals surface area contributed by atoms with E-state index in [1.165, 1.54) is 11.1 Å². The van der Waals surface area contributed by atoms with Crippen molar-refractivity contribution in [2.45, 2.75) is 57.3 Å². The van der Waals surface area contributed by atoms with Gasteiger partial charge in [-0.1, -0.05) is 85.3 Å². The van der Waals surface area contributed by atoms with Gasteiger partial charge in [-0.25, -0.2) is 9.59 Å². The van der Waals surface area contributed by atoms with Gasteiger partial charge in [-0.3, -0.25) is 4.79 Å². The Labute approximate surface area is 246 Å². The highest BCUT2D eigenvalue weighted by atomic mass is 16.5. The van der Waals surface area contributed by atoms with Crippen LogP contribution in [0.5, 0.6) is 0 Å². The van der Waals surface area contributed by atoms with Crippen molar-refractivity contribution in [3.8, 4) is 11.1 Å². The Hall–Kier alpha value is -4.17. The summed E-state index contributed by atoms with van der Waals surface area (Å²) in [5, 5.41) is 15.4. The van der Waals surface area contributed by atoms with Crippen LogP contribution in [0.25, 0.3) is 11.1 Å². The number of carbonyl (C=O) groups is 3. The van der Waals surface area contributed by atoms with Gasteiger partial charge in [-0.15, -0.1) is 0 Å². The number of aliphatic carboxylic acids is 1. The molecular weight excluding hydrogens is 532 g/mol. The van der Waals surface area contributed by atoms with Crippen molar-refractivity contribution >= 4 is 18.0 Å². The van der Waals surface area contributed by atoms with Gasteiger partial charge in [0.2, 0.25) is 5.91 Å². The van der Waals surface area contributed by atoms with Crippen LogP contribution < -0.4 is 10.6 Å². The van der Waals surface area contributed by atoms with Crippen LogP contribution >= 0.6 is 0 Å². The summed E-state index contributed by atoms with van der Waals surface area (Å²) < 4.78 is 11.4. The fraction of sp³-hybridized carbons (Fsp3) is 0.382. The van der Waals surface area contributed by atoms with Crippen molar-refractivity contribution in [1.29, 1.82) is 0 Å². The number of carboxylic acid groups (broad SMARTS) is 1. The van der Waals surface area contributed by atoms with E-state index in [2.05, 4.69) is 34.9 Å². The molecule has 3 aromatic carbocycles. The van der Waals surface area contributed by atoms with E-state index in [-0.39, 0.29) is 36.9 Å². The number of carbonyl (C=O) groups excluding carboxylic acids is 2. The molecule has 2 amide bonds. The number of carboxylic acids is 1. The van der Waals surface area contributed by atoms with Crippen LogP contribution in [0.2, 0.25) is 0 Å². The molecule has 0 aliphatic heterocycles. The van der Waals surface area contributed by atoms with Crippen LogP contribution in [-0.4, -0.2) is 48.4 Å². The van der Waals surface area contributed by atoms with E-state index in [1.807, 2.05) is 54.6 Å². The van der Waals surface area contributed by atoms with E-state index in [4.69, 9.17) is 9.47 Å². The fourth-order valence-electron chi connectivity index (χ4n) is 6.14. The summed E-state index contributed by atoms with van der Waals surface area (Å²) in [4.78, 5) is 37.7. The van der Waals surface area contributed by atoms with E-state index in [0.29, 0.717) is 19.4 Å². The Morgan fingerprint density at radius 2 is 1.55 bits per heavy atom. The largest absolute Gasteiger partial charge is 0.480 e. The maximum absolute atomic E-state index is 13.1. The van der Waals surface area contributed by atoms with Crippen LogP contribution in [0.4, 0.5) is 4.79 Å². The molecule has 8 heteroatoms. The van der Waals surface area contributed by atoms with Crippen LogP contribution in [0.1, 0.15) is 55.2 Å². The van der Waals surface area contributed by atoms with Gasteiger partial charge in [-0.05, 0) is 59.9 Å². The third kappa shape index (κ3) is 6.99. The third-order valence-electron chi connectivity index (χ3n) is 8.42. The maximum Gasteiger partial charge on any atom is 0.407 e. The van der Waals surface area contributed by atoms with Gasteiger partial charge < -0.3 is 25.2 Å². The highest BCUT2D eigenvalue weighted by Gasteiger charge is 2.33. The molecule has 0 spiro atoms. The summed E-state index contributed by atoms with van der Waals surface area (Å²) in [6.07, 6.45) is 1.78. The van der Waals surface area contributed by atoms with Crippen LogP contribution in [0, 0.1) is 11.8 Å². The number of ether oxygens (including phenoxy) is 2. The quantitative estimate of drug-likeness (QED) is 0.280. The zero-order chi connectivity index (χ0) is 29.5. The fourth-order valence-corrected chi connectivity index (χ4v) is 6.14. The van der Waals surface area contributed by atoms with E-state index >= 15 is 0 Å². The summed E-state index contributed by atoms with van der Waals surface area (Å²) in [7, 11) is 0. The predicted octanol–water partition coefficient (Wildman–Crippen LogP) is 5.51. The molecule has 0 saturated heterocycles. The molecule has 2 aliphatic carbocycles. The predicted molar refractivity (Wildman–Crippen MR) is 159 cm³/mol. The molecule has 42 heavy (non-hydrogen) atoms. The molecule has 220 valence electrons. The summed E-state index contributed by atoms with van der Waals surface area (Å²) in [5.74, 6) is -1.65. The van der Waals surface area contributed by atoms with Crippen molar-refractivity contribution in [2.24, 2.45) is 11.8 Å². The van der Waals surface area contributed by atoms with Crippen LogP contribution in [0.15, 0.2) is 78.9 Å². The number of nitrogens with one attached hydrogen (secondary N) is 2. The molecule has 2 aliphatic rings. The zero-order valence-corrected chi connectivity index (χ0v) is 23.8. The lowest BCUT2D eigenvalue weighted by Gasteiger charge is -2.30. The normalized spacial score (nSPS) is 19.2. The van der Waals surface area contributed by atoms with Gasteiger partial charge in [0.15, 0.2) is 6.04 Å². The molecule has 1 fully saturated rings. The molecule has 0 bridgehead atoms. The first kappa shape index (κ1) is 29.3. The van der Waals surface area contributed by atoms with E-state index in [0.717, 1.165) is 29.5 Å². The standard InChI is InChI=1S/C34H38N2O6/c1-22(41-20-23-10-3-2-4-11-23)31(33(38)39)36-32(37)25-13-9-12-24(18-25)19-35-34(40)42-21-30-28-16-7-5-14-26(28)27-15-6-8-17-29(27)30/h2-8,10-11,14-17,22,24-25,30-31H,9,12-13,18-21H2,1H3,(H,35,40)(H,36,37)(H,38,39)/t22-,24?,25?,31+/m0/s1. The van der Waals surface area contributed by atoms with E-state index < -0.39 is 24.2 Å². The second-order valence-corrected chi connectivity index (χ2v) is 11.3. The van der Waals surface area contributed by atoms with Gasteiger partial charge in [0.1, 0.15) is 6.61 Å². The minimum Gasteiger partial charge on any atom is -0.480 e. The number of fused-ring (bicyclic) bond motifs is 3. The first-order valence-electron chi connectivity index (χ1n) is 14.7. The lowest BCUT2D eigenvalue weighted by Crippen LogP contribution is -2.51. The van der Waals surface area contributed by atoms with Gasteiger partial charge in [0, 0.05) is 18.4 Å². The number of hydrogen-bond donors (Lipinski definition) is 3. The van der Waals surface area contributed by atoms with Gasteiger partial charge in [-0.2, -0.15) is 0 Å². The van der Waals surface area contributed by atoms with Crippen molar-refractivity contribution in [2.75, 3.05) is 13.2 Å². The van der Waals surface area contributed by atoms with Crippen LogP contribution in [0.3, 0.4) is 0 Å². The van der Waals surface area contributed by atoms with Gasteiger partial charge in [0.25, 0.3) is 0 Å². The number of benzene rings is 3. The van der Waals surface area contributed by atoms with Crippen molar-refractivity contribution in [3.05, 3.63) is 95.6 Å². The SMILES string of the molecule is C[C@H](OCc1ccccc1)[C@@H](NC(=O)C1CCCC(CNC(=O)OCC2c3ccccc3-c3ccccc32)C1)C(=O)O. The summed E-state index contributed by atoms with van der Waals surface area (Å²) in [6.45, 7) is 2.56. The van der Waals surface area contributed by atoms with E-state index in [1.54, 1.807) is 6.92 Å². The second-order valence-electron chi connectivity index (χ2n) is 11.3. The average Bonchev–Trinajstić information content (AvgIpc) is 3.34. The van der Waals surface area contributed by atoms with Crippen molar-refractivity contribution in [1.82, 2.24) is 10.6 Å². The first-order chi connectivity index (χ1) is 20.4. The zero-order valence-electron chi connectivity index (χ0n) is 23.8. The molecule has 3 N–H and O–H groups in total. The maximum atomic E-state index is 13.1. The monoisotopic (exact) mass is 570 g/mol. The van der Waals surface area contributed by atoms with E-state index in [9.17, 15) is 19.5 Å². The summed E-state index contributed by atoms with van der Waals surface area (Å²) in [6, 6.07) is 24.7. The number of alkyl carbamates (subject to hydrolysis) is 1. The highest BCUT2D eigenvalue weighted by molar-refractivity contribution is 5.85. The molecule has 8 nitrogen and oxygen atoms in total.